The number of amides is 1. The molecule has 0 aliphatic heterocycles. The molecule has 2 heterocycles. The Kier molecular flexibility index (Phi) is 7.25. The molecule has 1 atom stereocenters. The minimum absolute atomic E-state index is 0.0292. The molecule has 27 heavy (non-hydrogen) atoms. The Bertz CT molecular complexity index is 880. The summed E-state index contributed by atoms with van der Waals surface area (Å²) in [6.45, 7) is 1.86. The Morgan fingerprint density at radius 1 is 1.41 bits per heavy atom. The fourth-order valence-corrected chi connectivity index (χ4v) is 4.24. The lowest BCUT2D eigenvalue weighted by Gasteiger charge is -2.12. The first-order valence-corrected chi connectivity index (χ1v) is 10.0. The van der Waals surface area contributed by atoms with Crippen LogP contribution >= 0.6 is 23.1 Å². The van der Waals surface area contributed by atoms with E-state index in [9.17, 15) is 14.4 Å². The summed E-state index contributed by atoms with van der Waals surface area (Å²) in [5, 5.41) is 11.7. The van der Waals surface area contributed by atoms with E-state index in [0.29, 0.717) is 34.8 Å². The van der Waals surface area contributed by atoms with Gasteiger partial charge in [-0.15, -0.1) is 23.1 Å². The first-order valence-electron chi connectivity index (χ1n) is 8.22. The molecule has 0 spiro atoms. The predicted molar refractivity (Wildman–Crippen MR) is 106 cm³/mol. The van der Waals surface area contributed by atoms with Gasteiger partial charge in [0, 0.05) is 10.6 Å². The van der Waals surface area contributed by atoms with E-state index in [2.05, 4.69) is 15.3 Å². The Morgan fingerprint density at radius 3 is 2.78 bits per heavy atom. The van der Waals surface area contributed by atoms with Gasteiger partial charge >= 0.3 is 5.97 Å². The van der Waals surface area contributed by atoms with Gasteiger partial charge in [-0.25, -0.2) is 4.79 Å². The van der Waals surface area contributed by atoms with Crippen molar-refractivity contribution < 1.29 is 14.7 Å². The van der Waals surface area contributed by atoms with E-state index in [1.807, 2.05) is 13.0 Å². The number of aromatic nitrogens is 2. The Labute approximate surface area is 163 Å². The number of aliphatic carboxylic acids is 1. The molecule has 0 unspecified atom stereocenters. The van der Waals surface area contributed by atoms with Crippen LogP contribution in [0.25, 0.3) is 0 Å². The molecule has 0 aliphatic rings. The standard InChI is InChI=1S/C16H21N5O4S2/c1-2-3-9(15(24)25)19-13(22)10-5-4-8(27-10)6-7-26-11-12(17)20-16(18)21-14(11)23/h4-5,9H,2-3,6-7H2,1H3,(H,19,22)(H,24,25)(H5,17,18,20,21,23)/t9-/m0/s1. The summed E-state index contributed by atoms with van der Waals surface area (Å²) in [4.78, 5) is 43.1. The van der Waals surface area contributed by atoms with Gasteiger partial charge in [0.1, 0.15) is 16.8 Å². The number of nitrogens with two attached hydrogens (primary N) is 2. The maximum Gasteiger partial charge on any atom is 0.326 e. The molecule has 9 nitrogen and oxygen atoms in total. The summed E-state index contributed by atoms with van der Waals surface area (Å²) >= 11 is 2.55. The van der Waals surface area contributed by atoms with Gasteiger partial charge in [0.2, 0.25) is 5.95 Å². The van der Waals surface area contributed by atoms with Crippen molar-refractivity contribution >= 4 is 46.7 Å². The van der Waals surface area contributed by atoms with Gasteiger partial charge in [-0.05, 0) is 25.0 Å². The highest BCUT2D eigenvalue weighted by molar-refractivity contribution is 7.99. The third kappa shape index (κ3) is 5.73. The van der Waals surface area contributed by atoms with Crippen LogP contribution in [0.1, 0.15) is 34.3 Å². The van der Waals surface area contributed by atoms with Crippen LogP contribution in [0.15, 0.2) is 21.8 Å². The largest absolute Gasteiger partial charge is 0.480 e. The monoisotopic (exact) mass is 411 g/mol. The Morgan fingerprint density at radius 2 is 2.15 bits per heavy atom. The van der Waals surface area contributed by atoms with Crippen LogP contribution in [-0.2, 0) is 11.2 Å². The number of aromatic amines is 1. The van der Waals surface area contributed by atoms with Gasteiger partial charge in [0.25, 0.3) is 11.5 Å². The molecule has 0 aliphatic carbocycles. The highest BCUT2D eigenvalue weighted by Gasteiger charge is 2.20. The molecule has 7 N–H and O–H groups in total. The lowest BCUT2D eigenvalue weighted by Crippen LogP contribution is -2.40. The molecular formula is C16H21N5O4S2. The summed E-state index contributed by atoms with van der Waals surface area (Å²) in [5.74, 6) is -0.822. The maximum atomic E-state index is 12.2. The lowest BCUT2D eigenvalue weighted by atomic mass is 10.1. The number of nitrogen functional groups attached to an aromatic ring is 2. The number of nitrogens with zero attached hydrogens (tertiary/aromatic N) is 1. The number of anilines is 2. The van der Waals surface area contributed by atoms with E-state index >= 15 is 0 Å². The number of thioether (sulfide) groups is 1. The number of thiophene rings is 1. The number of hydrogen-bond acceptors (Lipinski definition) is 8. The van der Waals surface area contributed by atoms with Gasteiger partial charge in [0.05, 0.1) is 4.88 Å². The van der Waals surface area contributed by atoms with Gasteiger partial charge in [-0.3, -0.25) is 14.6 Å². The number of aryl methyl sites for hydroxylation is 1. The molecule has 0 bridgehead atoms. The zero-order valence-electron chi connectivity index (χ0n) is 14.7. The summed E-state index contributed by atoms with van der Waals surface area (Å²) < 4.78 is 0. The van der Waals surface area contributed by atoms with Crippen molar-refractivity contribution in [2.45, 2.75) is 37.1 Å². The number of carbonyl (C=O) groups excluding carboxylic acids is 1. The van der Waals surface area contributed by atoms with E-state index in [1.165, 1.54) is 23.1 Å². The van der Waals surface area contributed by atoms with Gasteiger partial charge in [-0.2, -0.15) is 4.98 Å². The lowest BCUT2D eigenvalue weighted by molar-refractivity contribution is -0.139. The normalized spacial score (nSPS) is 11.9. The summed E-state index contributed by atoms with van der Waals surface area (Å²) in [7, 11) is 0. The van der Waals surface area contributed by atoms with Crippen LogP contribution in [0.2, 0.25) is 0 Å². The van der Waals surface area contributed by atoms with Crippen molar-refractivity contribution in [3.05, 3.63) is 32.2 Å². The molecule has 0 fully saturated rings. The van der Waals surface area contributed by atoms with Crippen LogP contribution in [0.5, 0.6) is 0 Å². The van der Waals surface area contributed by atoms with Crippen molar-refractivity contribution in [1.82, 2.24) is 15.3 Å². The van der Waals surface area contributed by atoms with Gasteiger partial charge < -0.3 is 21.9 Å². The molecule has 2 aromatic rings. The summed E-state index contributed by atoms with van der Waals surface area (Å²) in [5.41, 5.74) is 10.8. The number of carbonyl (C=O) groups is 2. The van der Waals surface area contributed by atoms with E-state index in [4.69, 9.17) is 16.6 Å². The first-order chi connectivity index (χ1) is 12.8. The number of carboxylic acid groups (broad SMARTS) is 1. The van der Waals surface area contributed by atoms with Crippen LogP contribution in [0, 0.1) is 0 Å². The quantitative estimate of drug-likeness (QED) is 0.385. The third-order valence-electron chi connectivity index (χ3n) is 3.58. The molecular weight excluding hydrogens is 390 g/mol. The van der Waals surface area contributed by atoms with E-state index in [-0.39, 0.29) is 17.3 Å². The van der Waals surface area contributed by atoms with E-state index < -0.39 is 17.9 Å². The first kappa shape index (κ1) is 20.8. The molecule has 146 valence electrons. The fraction of sp³-hybridized carbons (Fsp3) is 0.375. The van der Waals surface area contributed by atoms with Gasteiger partial charge in [0.15, 0.2) is 0 Å². The number of hydrogen-bond donors (Lipinski definition) is 5. The highest BCUT2D eigenvalue weighted by Crippen LogP contribution is 2.23. The zero-order chi connectivity index (χ0) is 20.0. The maximum absolute atomic E-state index is 12.2. The molecule has 0 saturated heterocycles. The van der Waals surface area contributed by atoms with Crippen LogP contribution < -0.4 is 22.3 Å². The molecule has 1 amide bonds. The van der Waals surface area contributed by atoms with Crippen LogP contribution in [0.3, 0.4) is 0 Å². The highest BCUT2D eigenvalue weighted by atomic mass is 32.2. The molecule has 11 heteroatoms. The van der Waals surface area contributed by atoms with Crippen molar-refractivity contribution in [2.75, 3.05) is 17.2 Å². The van der Waals surface area contributed by atoms with E-state index in [0.717, 1.165) is 4.88 Å². The minimum Gasteiger partial charge on any atom is -0.480 e. The average molecular weight is 412 g/mol. The second kappa shape index (κ2) is 9.42. The number of H-pyrrole nitrogens is 1. The summed E-state index contributed by atoms with van der Waals surface area (Å²) in [6, 6.07) is 2.58. The second-order valence-corrected chi connectivity index (χ2v) is 7.96. The molecule has 0 saturated carbocycles. The van der Waals surface area contributed by atoms with Gasteiger partial charge in [-0.1, -0.05) is 13.3 Å². The zero-order valence-corrected chi connectivity index (χ0v) is 16.3. The smallest absolute Gasteiger partial charge is 0.326 e. The minimum atomic E-state index is -1.04. The third-order valence-corrected chi connectivity index (χ3v) is 5.82. The van der Waals surface area contributed by atoms with Crippen LogP contribution in [-0.4, -0.2) is 38.7 Å². The Balaban J connectivity index is 1.93. The second-order valence-electron chi connectivity index (χ2n) is 5.68. The van der Waals surface area contributed by atoms with Crippen molar-refractivity contribution in [1.29, 1.82) is 0 Å². The SMILES string of the molecule is CCC[C@H](NC(=O)c1ccc(CCSc2c(N)nc(N)[nH]c2=O)s1)C(=O)O. The summed E-state index contributed by atoms with van der Waals surface area (Å²) in [6.07, 6.45) is 1.65. The fourth-order valence-electron chi connectivity index (χ4n) is 2.30. The number of rotatable bonds is 9. The number of carboxylic acids is 1. The van der Waals surface area contributed by atoms with Crippen molar-refractivity contribution in [3.63, 3.8) is 0 Å². The topological polar surface area (TPSA) is 164 Å². The average Bonchev–Trinajstić information content (AvgIpc) is 3.05. The molecule has 0 radical (unpaired) electrons. The Hall–Kier alpha value is -2.53. The van der Waals surface area contributed by atoms with Crippen molar-refractivity contribution in [2.24, 2.45) is 0 Å². The predicted octanol–water partition coefficient (Wildman–Crippen LogP) is 1.31. The molecule has 0 aromatic carbocycles. The molecule has 2 aromatic heterocycles. The van der Waals surface area contributed by atoms with Crippen molar-refractivity contribution in [3.8, 4) is 0 Å². The van der Waals surface area contributed by atoms with Crippen LogP contribution in [0.4, 0.5) is 11.8 Å². The molecule has 2 rings (SSSR count). The van der Waals surface area contributed by atoms with E-state index in [1.54, 1.807) is 6.07 Å². The number of nitrogens with one attached hydrogen (secondary N) is 2.